The van der Waals surface area contributed by atoms with Gasteiger partial charge in [0.15, 0.2) is 11.5 Å². The van der Waals surface area contributed by atoms with Crippen LogP contribution in [0.5, 0.6) is 11.5 Å². The number of fused-ring (bicyclic) bond motifs is 1. The molecule has 1 heterocycles. The second-order valence-electron chi connectivity index (χ2n) is 5.82. The van der Waals surface area contributed by atoms with E-state index in [0.717, 1.165) is 11.1 Å². The summed E-state index contributed by atoms with van der Waals surface area (Å²) in [6.07, 6.45) is 1.64. The zero-order valence-corrected chi connectivity index (χ0v) is 14.3. The van der Waals surface area contributed by atoms with E-state index in [4.69, 9.17) is 9.47 Å². The van der Waals surface area contributed by atoms with Gasteiger partial charge in [-0.2, -0.15) is 5.10 Å². The van der Waals surface area contributed by atoms with Crippen molar-refractivity contribution in [3.05, 3.63) is 53.6 Å². The molecule has 0 saturated carbocycles. The molecule has 7 nitrogen and oxygen atoms in total. The van der Waals surface area contributed by atoms with E-state index in [9.17, 15) is 9.59 Å². The van der Waals surface area contributed by atoms with Gasteiger partial charge in [0.05, 0.1) is 6.21 Å². The maximum Gasteiger partial charge on any atom is 0.240 e. The number of nitrogens with zero attached hydrogens (tertiary/aromatic N) is 1. The quantitative estimate of drug-likeness (QED) is 0.617. The largest absolute Gasteiger partial charge is 0.454 e. The summed E-state index contributed by atoms with van der Waals surface area (Å²) >= 11 is 0. The molecule has 0 unspecified atom stereocenters. The minimum Gasteiger partial charge on any atom is -0.454 e. The molecule has 1 aliphatic rings. The molecule has 2 aromatic rings. The fourth-order valence-electron chi connectivity index (χ4n) is 2.32. The fourth-order valence-corrected chi connectivity index (χ4v) is 2.32. The van der Waals surface area contributed by atoms with E-state index in [1.165, 1.54) is 6.21 Å². The van der Waals surface area contributed by atoms with Crippen LogP contribution >= 0.6 is 0 Å². The third-order valence-electron chi connectivity index (χ3n) is 3.71. The number of amides is 2. The Labute approximate surface area is 151 Å². The highest BCUT2D eigenvalue weighted by molar-refractivity contribution is 5.93. The minimum absolute atomic E-state index is 0.0518. The SMILES string of the molecule is Cc1ccc(NC(=O)CCC(=O)NN=Cc2ccc3c(c2)OCO3)cc1. The number of anilines is 1. The summed E-state index contributed by atoms with van der Waals surface area (Å²) in [6.45, 7) is 2.18. The van der Waals surface area contributed by atoms with Crippen molar-refractivity contribution in [2.75, 3.05) is 12.1 Å². The molecule has 26 heavy (non-hydrogen) atoms. The number of carbonyl (C=O) groups excluding carboxylic acids is 2. The number of hydrogen-bond donors (Lipinski definition) is 2. The summed E-state index contributed by atoms with van der Waals surface area (Å²) in [5, 5.41) is 6.63. The lowest BCUT2D eigenvalue weighted by atomic mass is 10.2. The van der Waals surface area contributed by atoms with Crippen LogP contribution in [0.3, 0.4) is 0 Å². The standard InChI is InChI=1S/C19H19N3O4/c1-13-2-5-15(6-3-13)21-18(23)8-9-19(24)22-20-11-14-4-7-16-17(10-14)26-12-25-16/h2-7,10-11H,8-9,12H2,1H3,(H,21,23)(H,22,24). The Kier molecular flexibility index (Phi) is 5.48. The number of aryl methyl sites for hydroxylation is 1. The van der Waals surface area contributed by atoms with Crippen molar-refractivity contribution in [3.63, 3.8) is 0 Å². The summed E-state index contributed by atoms with van der Waals surface area (Å²) in [4.78, 5) is 23.6. The molecule has 0 fully saturated rings. The first-order valence-electron chi connectivity index (χ1n) is 8.18. The zero-order valence-electron chi connectivity index (χ0n) is 14.3. The normalized spacial score (nSPS) is 12.2. The molecule has 0 aromatic heterocycles. The summed E-state index contributed by atoms with van der Waals surface area (Å²) in [5.41, 5.74) is 5.00. The van der Waals surface area contributed by atoms with Gasteiger partial charge in [-0.1, -0.05) is 17.7 Å². The van der Waals surface area contributed by atoms with E-state index in [0.29, 0.717) is 17.2 Å². The Morgan fingerprint density at radius 1 is 1.04 bits per heavy atom. The van der Waals surface area contributed by atoms with Crippen molar-refractivity contribution in [1.82, 2.24) is 5.43 Å². The van der Waals surface area contributed by atoms with Crippen molar-refractivity contribution >= 4 is 23.7 Å². The van der Waals surface area contributed by atoms with E-state index in [1.54, 1.807) is 18.2 Å². The maximum absolute atomic E-state index is 11.9. The second kappa shape index (κ2) is 8.15. The Hall–Kier alpha value is -3.35. The third-order valence-corrected chi connectivity index (χ3v) is 3.71. The van der Waals surface area contributed by atoms with Crippen LogP contribution in [0.25, 0.3) is 0 Å². The highest BCUT2D eigenvalue weighted by atomic mass is 16.7. The van der Waals surface area contributed by atoms with Crippen LogP contribution in [-0.4, -0.2) is 24.8 Å². The molecular weight excluding hydrogens is 334 g/mol. The first kappa shape index (κ1) is 17.5. The number of carbonyl (C=O) groups is 2. The lowest BCUT2D eigenvalue weighted by molar-refractivity contribution is -0.124. The van der Waals surface area contributed by atoms with Crippen LogP contribution in [0.4, 0.5) is 5.69 Å². The number of rotatable bonds is 6. The molecule has 7 heteroatoms. The highest BCUT2D eigenvalue weighted by Gasteiger charge is 2.12. The van der Waals surface area contributed by atoms with Gasteiger partial charge in [-0.05, 0) is 42.8 Å². The molecule has 0 atom stereocenters. The van der Waals surface area contributed by atoms with Crippen LogP contribution in [0.15, 0.2) is 47.6 Å². The molecule has 0 bridgehead atoms. The number of benzene rings is 2. The fraction of sp³-hybridized carbons (Fsp3) is 0.211. The number of ether oxygens (including phenoxy) is 2. The van der Waals surface area contributed by atoms with E-state index in [1.807, 2.05) is 31.2 Å². The van der Waals surface area contributed by atoms with Crippen molar-refractivity contribution in [2.45, 2.75) is 19.8 Å². The molecule has 0 radical (unpaired) electrons. The summed E-state index contributed by atoms with van der Waals surface area (Å²) in [5.74, 6) is 0.781. The smallest absolute Gasteiger partial charge is 0.240 e. The molecule has 1 aliphatic heterocycles. The van der Waals surface area contributed by atoms with Crippen LogP contribution in [0.2, 0.25) is 0 Å². The Bertz CT molecular complexity index is 831. The number of hydrogen-bond acceptors (Lipinski definition) is 5. The Morgan fingerprint density at radius 3 is 2.58 bits per heavy atom. The predicted octanol–water partition coefficient (Wildman–Crippen LogP) is 2.59. The van der Waals surface area contributed by atoms with Crippen molar-refractivity contribution in [1.29, 1.82) is 0 Å². The summed E-state index contributed by atoms with van der Waals surface area (Å²) in [7, 11) is 0. The molecule has 134 valence electrons. The van der Waals surface area contributed by atoms with Gasteiger partial charge in [-0.25, -0.2) is 5.43 Å². The molecule has 2 aromatic carbocycles. The first-order valence-corrected chi connectivity index (χ1v) is 8.18. The van der Waals surface area contributed by atoms with E-state index >= 15 is 0 Å². The summed E-state index contributed by atoms with van der Waals surface area (Å²) in [6, 6.07) is 12.8. The number of hydrazone groups is 1. The van der Waals surface area contributed by atoms with Gasteiger partial charge in [0.2, 0.25) is 18.6 Å². The van der Waals surface area contributed by atoms with Crippen molar-refractivity contribution in [3.8, 4) is 11.5 Å². The van der Waals surface area contributed by atoms with Gasteiger partial charge in [-0.3, -0.25) is 9.59 Å². The zero-order chi connectivity index (χ0) is 18.4. The Morgan fingerprint density at radius 2 is 1.77 bits per heavy atom. The van der Waals surface area contributed by atoms with Crippen LogP contribution < -0.4 is 20.2 Å². The van der Waals surface area contributed by atoms with Crippen molar-refractivity contribution in [2.24, 2.45) is 5.10 Å². The van der Waals surface area contributed by atoms with E-state index < -0.39 is 0 Å². The number of nitrogens with one attached hydrogen (secondary N) is 2. The van der Waals surface area contributed by atoms with E-state index in [2.05, 4.69) is 15.8 Å². The van der Waals surface area contributed by atoms with Crippen molar-refractivity contribution < 1.29 is 19.1 Å². The lowest BCUT2D eigenvalue weighted by Gasteiger charge is -2.05. The van der Waals surface area contributed by atoms with Crippen LogP contribution in [0, 0.1) is 6.92 Å². The third kappa shape index (κ3) is 4.83. The van der Waals surface area contributed by atoms with Gasteiger partial charge >= 0.3 is 0 Å². The van der Waals surface area contributed by atoms with Gasteiger partial charge in [0.25, 0.3) is 0 Å². The molecular formula is C19H19N3O4. The summed E-state index contributed by atoms with van der Waals surface area (Å²) < 4.78 is 10.5. The molecule has 2 amide bonds. The minimum atomic E-state index is -0.332. The average molecular weight is 353 g/mol. The molecule has 3 rings (SSSR count). The van der Waals surface area contributed by atoms with Gasteiger partial charge < -0.3 is 14.8 Å². The van der Waals surface area contributed by atoms with Gasteiger partial charge in [0.1, 0.15) is 0 Å². The molecule has 0 aliphatic carbocycles. The molecule has 0 spiro atoms. The molecule has 2 N–H and O–H groups in total. The van der Waals surface area contributed by atoms with Gasteiger partial charge in [-0.15, -0.1) is 0 Å². The van der Waals surface area contributed by atoms with Gasteiger partial charge in [0, 0.05) is 18.5 Å². The van der Waals surface area contributed by atoms with Crippen LogP contribution in [0.1, 0.15) is 24.0 Å². The predicted molar refractivity (Wildman–Crippen MR) is 97.3 cm³/mol. The van der Waals surface area contributed by atoms with Crippen LogP contribution in [-0.2, 0) is 9.59 Å². The van der Waals surface area contributed by atoms with E-state index in [-0.39, 0.29) is 31.4 Å². The monoisotopic (exact) mass is 353 g/mol. The topological polar surface area (TPSA) is 89.0 Å². The highest BCUT2D eigenvalue weighted by Crippen LogP contribution is 2.31. The Balaban J connectivity index is 1.41. The second-order valence-corrected chi connectivity index (χ2v) is 5.82. The lowest BCUT2D eigenvalue weighted by Crippen LogP contribution is -2.20. The molecule has 0 saturated heterocycles. The maximum atomic E-state index is 11.9. The first-order chi connectivity index (χ1) is 12.6. The average Bonchev–Trinajstić information content (AvgIpc) is 3.10.